The fraction of sp³-hybridized carbons (Fsp3) is 0.389. The molecule has 2 aromatic rings. The molecule has 3 rings (SSSR count). The Morgan fingerprint density at radius 2 is 1.86 bits per heavy atom. The zero-order valence-corrected chi connectivity index (χ0v) is 13.0. The Bertz CT molecular complexity index is 740. The summed E-state index contributed by atoms with van der Waals surface area (Å²) in [4.78, 5) is 12.4. The topological polar surface area (TPSA) is 22.0 Å². The van der Waals surface area contributed by atoms with Crippen molar-refractivity contribution >= 4 is 5.78 Å². The number of aromatic nitrogens is 1. The van der Waals surface area contributed by atoms with E-state index in [1.54, 1.807) is 6.07 Å². The Balaban J connectivity index is 2.23. The van der Waals surface area contributed by atoms with Gasteiger partial charge in [-0.1, -0.05) is 13.8 Å². The van der Waals surface area contributed by atoms with Gasteiger partial charge in [-0.3, -0.25) is 4.79 Å². The summed E-state index contributed by atoms with van der Waals surface area (Å²) in [6, 6.07) is 6.78. The fourth-order valence-corrected chi connectivity index (χ4v) is 3.36. The van der Waals surface area contributed by atoms with E-state index in [1.807, 2.05) is 19.9 Å². The summed E-state index contributed by atoms with van der Waals surface area (Å²) in [5, 5.41) is 0. The van der Waals surface area contributed by atoms with Crippen molar-refractivity contribution in [3.05, 3.63) is 52.6 Å². The number of Topliss-reactive ketones (excluding diaryl/α,β-unsaturated/α-hetero) is 1. The lowest BCUT2D eigenvalue weighted by atomic mass is 9.76. The van der Waals surface area contributed by atoms with Gasteiger partial charge in [-0.05, 0) is 55.5 Å². The lowest BCUT2D eigenvalue weighted by Gasteiger charge is -2.30. The molecular weight excluding hydrogens is 265 g/mol. The van der Waals surface area contributed by atoms with E-state index in [9.17, 15) is 9.18 Å². The van der Waals surface area contributed by atoms with E-state index in [4.69, 9.17) is 0 Å². The van der Waals surface area contributed by atoms with Crippen LogP contribution in [0.1, 0.15) is 47.6 Å². The first-order chi connectivity index (χ1) is 9.78. The molecule has 0 bridgehead atoms. The van der Waals surface area contributed by atoms with Crippen LogP contribution in [0.5, 0.6) is 0 Å². The Morgan fingerprint density at radius 1 is 1.14 bits per heavy atom. The maximum atomic E-state index is 13.4. The van der Waals surface area contributed by atoms with Crippen molar-refractivity contribution in [2.45, 2.75) is 40.5 Å². The van der Waals surface area contributed by atoms with Crippen molar-refractivity contribution in [3.8, 4) is 5.69 Å². The maximum absolute atomic E-state index is 13.4. The predicted octanol–water partition coefficient (Wildman–Crippen LogP) is 4.39. The van der Waals surface area contributed by atoms with Crippen LogP contribution in [0, 0.1) is 25.1 Å². The summed E-state index contributed by atoms with van der Waals surface area (Å²) in [5.74, 6) is -0.0193. The van der Waals surface area contributed by atoms with E-state index in [0.717, 1.165) is 34.6 Å². The largest absolute Gasteiger partial charge is 0.317 e. The SMILES string of the molecule is Cc1cc(F)ccc1-n1c(C)cc2c1CC(C)(C)CC2=O. The first kappa shape index (κ1) is 14.1. The highest BCUT2D eigenvalue weighted by molar-refractivity contribution is 5.99. The van der Waals surface area contributed by atoms with E-state index in [0.29, 0.717) is 6.42 Å². The molecule has 0 aliphatic heterocycles. The Kier molecular flexibility index (Phi) is 3.05. The second kappa shape index (κ2) is 4.55. The van der Waals surface area contributed by atoms with Crippen LogP contribution >= 0.6 is 0 Å². The third kappa shape index (κ3) is 2.31. The summed E-state index contributed by atoms with van der Waals surface area (Å²) in [5.41, 5.74) is 4.73. The van der Waals surface area contributed by atoms with Gasteiger partial charge in [-0.25, -0.2) is 4.39 Å². The van der Waals surface area contributed by atoms with Gasteiger partial charge in [0.1, 0.15) is 5.82 Å². The summed E-state index contributed by atoms with van der Waals surface area (Å²) in [6.07, 6.45) is 1.45. The van der Waals surface area contributed by atoms with Gasteiger partial charge < -0.3 is 4.57 Å². The number of ketones is 1. The van der Waals surface area contributed by atoms with Crippen molar-refractivity contribution in [1.29, 1.82) is 0 Å². The predicted molar refractivity (Wildman–Crippen MR) is 81.6 cm³/mol. The molecule has 0 atom stereocenters. The van der Waals surface area contributed by atoms with Gasteiger partial charge in [0.15, 0.2) is 5.78 Å². The minimum atomic E-state index is -0.230. The third-order valence-corrected chi connectivity index (χ3v) is 4.27. The highest BCUT2D eigenvalue weighted by Gasteiger charge is 2.34. The number of hydrogen-bond acceptors (Lipinski definition) is 1. The smallest absolute Gasteiger partial charge is 0.165 e. The van der Waals surface area contributed by atoms with Gasteiger partial charge in [-0.2, -0.15) is 0 Å². The molecule has 1 aromatic carbocycles. The van der Waals surface area contributed by atoms with Crippen LogP contribution in [0.4, 0.5) is 4.39 Å². The molecule has 110 valence electrons. The van der Waals surface area contributed by atoms with E-state index in [-0.39, 0.29) is 17.0 Å². The first-order valence-corrected chi connectivity index (χ1v) is 7.29. The standard InChI is InChI=1S/C18H20FNO/c1-11-7-13(19)5-6-15(11)20-12(2)8-14-16(20)9-18(3,4)10-17(14)21/h5-8H,9-10H2,1-4H3. The van der Waals surface area contributed by atoms with Crippen LogP contribution in [0.3, 0.4) is 0 Å². The second-order valence-corrected chi connectivity index (χ2v) is 6.85. The van der Waals surface area contributed by atoms with E-state index in [2.05, 4.69) is 18.4 Å². The fourth-order valence-electron chi connectivity index (χ4n) is 3.36. The highest BCUT2D eigenvalue weighted by Crippen LogP contribution is 2.37. The molecule has 2 nitrogen and oxygen atoms in total. The third-order valence-electron chi connectivity index (χ3n) is 4.27. The maximum Gasteiger partial charge on any atom is 0.165 e. The molecule has 0 radical (unpaired) electrons. The molecule has 0 amide bonds. The molecule has 3 heteroatoms. The summed E-state index contributed by atoms with van der Waals surface area (Å²) >= 11 is 0. The van der Waals surface area contributed by atoms with Gasteiger partial charge in [-0.15, -0.1) is 0 Å². The van der Waals surface area contributed by atoms with Crippen molar-refractivity contribution in [3.63, 3.8) is 0 Å². The van der Waals surface area contributed by atoms with Gasteiger partial charge in [0.2, 0.25) is 0 Å². The van der Waals surface area contributed by atoms with E-state index >= 15 is 0 Å². The summed E-state index contributed by atoms with van der Waals surface area (Å²) < 4.78 is 15.5. The van der Waals surface area contributed by atoms with E-state index < -0.39 is 0 Å². The van der Waals surface area contributed by atoms with Crippen LogP contribution in [0.15, 0.2) is 24.3 Å². The number of halogens is 1. The number of carbonyl (C=O) groups excluding carboxylic acids is 1. The van der Waals surface area contributed by atoms with Crippen LogP contribution in [-0.2, 0) is 6.42 Å². The van der Waals surface area contributed by atoms with Crippen LogP contribution in [0.2, 0.25) is 0 Å². The molecular formula is C18H20FNO. The number of rotatable bonds is 1. The quantitative estimate of drug-likeness (QED) is 0.761. The number of carbonyl (C=O) groups is 1. The van der Waals surface area contributed by atoms with Crippen LogP contribution < -0.4 is 0 Å². The average Bonchev–Trinajstić information content (AvgIpc) is 2.65. The Morgan fingerprint density at radius 3 is 2.52 bits per heavy atom. The van der Waals surface area contributed by atoms with Gasteiger partial charge >= 0.3 is 0 Å². The lowest BCUT2D eigenvalue weighted by Crippen LogP contribution is -2.28. The average molecular weight is 285 g/mol. The summed E-state index contributed by atoms with van der Waals surface area (Å²) in [6.45, 7) is 8.15. The van der Waals surface area contributed by atoms with Crippen molar-refractivity contribution in [2.24, 2.45) is 5.41 Å². The molecule has 0 unspecified atom stereocenters. The normalized spacial score (nSPS) is 16.9. The van der Waals surface area contributed by atoms with Crippen molar-refractivity contribution in [1.82, 2.24) is 4.57 Å². The van der Waals surface area contributed by atoms with Crippen LogP contribution in [0.25, 0.3) is 5.69 Å². The Labute approximate surface area is 124 Å². The molecule has 0 saturated heterocycles. The van der Waals surface area contributed by atoms with Gasteiger partial charge in [0.05, 0.1) is 0 Å². The zero-order chi connectivity index (χ0) is 15.4. The first-order valence-electron chi connectivity index (χ1n) is 7.29. The molecule has 21 heavy (non-hydrogen) atoms. The molecule has 1 aromatic heterocycles. The number of hydrogen-bond donors (Lipinski definition) is 0. The van der Waals surface area contributed by atoms with Crippen molar-refractivity contribution < 1.29 is 9.18 Å². The molecule has 0 fully saturated rings. The number of nitrogens with zero attached hydrogens (tertiary/aromatic N) is 1. The molecule has 1 heterocycles. The molecule has 0 saturated carbocycles. The second-order valence-electron chi connectivity index (χ2n) is 6.85. The Hall–Kier alpha value is -1.90. The zero-order valence-electron chi connectivity index (χ0n) is 13.0. The van der Waals surface area contributed by atoms with Gasteiger partial charge in [0, 0.05) is 29.1 Å². The molecule has 1 aliphatic carbocycles. The number of benzene rings is 1. The number of aryl methyl sites for hydroxylation is 2. The molecule has 0 spiro atoms. The lowest BCUT2D eigenvalue weighted by molar-refractivity contribution is 0.0911. The monoisotopic (exact) mass is 285 g/mol. The minimum Gasteiger partial charge on any atom is -0.317 e. The van der Waals surface area contributed by atoms with Crippen molar-refractivity contribution in [2.75, 3.05) is 0 Å². The molecule has 1 aliphatic rings. The number of fused-ring (bicyclic) bond motifs is 1. The van der Waals surface area contributed by atoms with Crippen LogP contribution in [-0.4, -0.2) is 10.4 Å². The summed E-state index contributed by atoms with van der Waals surface area (Å²) in [7, 11) is 0. The van der Waals surface area contributed by atoms with E-state index in [1.165, 1.54) is 12.1 Å². The molecule has 0 N–H and O–H groups in total. The minimum absolute atomic E-state index is 0.0272. The highest BCUT2D eigenvalue weighted by atomic mass is 19.1. The van der Waals surface area contributed by atoms with Gasteiger partial charge in [0.25, 0.3) is 0 Å².